The van der Waals surface area contributed by atoms with Crippen LogP contribution in [0.2, 0.25) is 0 Å². The van der Waals surface area contributed by atoms with Crippen molar-refractivity contribution in [2.45, 2.75) is 24.0 Å². The molecule has 1 spiro atoms. The quantitative estimate of drug-likeness (QED) is 0.395. The summed E-state index contributed by atoms with van der Waals surface area (Å²) in [7, 11) is 0. The van der Waals surface area contributed by atoms with E-state index in [4.69, 9.17) is 9.84 Å². The van der Waals surface area contributed by atoms with Gasteiger partial charge < -0.3 is 20.3 Å². The molecule has 2 fully saturated rings. The molecule has 0 aromatic carbocycles. The number of nitrogens with one attached hydrogen (secondary N) is 2. The number of nitrogens with zero attached hydrogens (tertiary/aromatic N) is 1. The first-order valence-electron chi connectivity index (χ1n) is 5.70. The standard InChI is InChI=1S/C10H12FN3O4S/c11-4-1-14(9(17)13-7(4)19)8-10(3-12-10)6(16)5(2-15)18-8/h1,5-6,8,12,15-16H,2-3H2,(H,13,17,19)/t5-,6?,8?,10+/m1/s1. The first-order chi connectivity index (χ1) is 8.99. The molecule has 4 atom stereocenters. The van der Waals surface area contributed by atoms with E-state index >= 15 is 0 Å². The van der Waals surface area contributed by atoms with Crippen LogP contribution in [0.25, 0.3) is 0 Å². The number of H-pyrrole nitrogens is 1. The van der Waals surface area contributed by atoms with E-state index in [1.807, 2.05) is 0 Å². The Labute approximate surface area is 111 Å². The molecule has 2 unspecified atom stereocenters. The van der Waals surface area contributed by atoms with Gasteiger partial charge in [0.15, 0.2) is 12.0 Å². The van der Waals surface area contributed by atoms with E-state index in [0.717, 1.165) is 10.8 Å². The molecule has 1 aromatic rings. The third-order valence-corrected chi connectivity index (χ3v) is 3.86. The predicted octanol–water partition coefficient (Wildman–Crippen LogP) is -1.36. The molecule has 3 rings (SSSR count). The molecule has 2 saturated heterocycles. The Balaban J connectivity index is 2.06. The highest BCUT2D eigenvalue weighted by atomic mass is 32.1. The van der Waals surface area contributed by atoms with Gasteiger partial charge in [0.2, 0.25) is 0 Å². The average Bonchev–Trinajstić information content (AvgIpc) is 3.11. The molecule has 19 heavy (non-hydrogen) atoms. The summed E-state index contributed by atoms with van der Waals surface area (Å²) in [6.45, 7) is 0.0280. The van der Waals surface area contributed by atoms with Crippen LogP contribution >= 0.6 is 12.2 Å². The average molecular weight is 289 g/mol. The predicted molar refractivity (Wildman–Crippen MR) is 63.6 cm³/mol. The maximum atomic E-state index is 13.5. The second-order valence-electron chi connectivity index (χ2n) is 4.69. The zero-order chi connectivity index (χ0) is 13.8. The van der Waals surface area contributed by atoms with Gasteiger partial charge >= 0.3 is 5.69 Å². The van der Waals surface area contributed by atoms with Gasteiger partial charge in [0.25, 0.3) is 0 Å². The molecule has 3 heterocycles. The van der Waals surface area contributed by atoms with Gasteiger partial charge in [-0.3, -0.25) is 9.55 Å². The Morgan fingerprint density at radius 1 is 1.68 bits per heavy atom. The number of halogens is 1. The highest BCUT2D eigenvalue weighted by Gasteiger charge is 2.64. The van der Waals surface area contributed by atoms with Crippen LogP contribution in [0.1, 0.15) is 6.23 Å². The molecular weight excluding hydrogens is 277 g/mol. The monoisotopic (exact) mass is 289 g/mol. The molecule has 2 aliphatic rings. The third-order valence-electron chi connectivity index (χ3n) is 3.57. The molecule has 0 saturated carbocycles. The van der Waals surface area contributed by atoms with Crippen molar-refractivity contribution < 1.29 is 19.3 Å². The zero-order valence-corrected chi connectivity index (χ0v) is 10.5. The van der Waals surface area contributed by atoms with Crippen molar-refractivity contribution in [3.8, 4) is 0 Å². The first kappa shape index (κ1) is 12.9. The molecule has 1 aromatic heterocycles. The van der Waals surface area contributed by atoms with Crippen LogP contribution in [0.4, 0.5) is 4.39 Å². The fourth-order valence-corrected chi connectivity index (χ4v) is 2.56. The van der Waals surface area contributed by atoms with E-state index in [-0.39, 0.29) is 11.2 Å². The smallest absolute Gasteiger partial charge is 0.328 e. The van der Waals surface area contributed by atoms with E-state index in [1.54, 1.807) is 0 Å². The molecule has 9 heteroatoms. The van der Waals surface area contributed by atoms with Crippen LogP contribution < -0.4 is 11.0 Å². The van der Waals surface area contributed by atoms with Crippen molar-refractivity contribution in [1.82, 2.24) is 14.9 Å². The van der Waals surface area contributed by atoms with Gasteiger partial charge in [0.1, 0.15) is 22.4 Å². The number of aliphatic hydroxyl groups excluding tert-OH is 2. The van der Waals surface area contributed by atoms with Crippen molar-refractivity contribution in [3.05, 3.63) is 27.1 Å². The number of rotatable bonds is 2. The lowest BCUT2D eigenvalue weighted by atomic mass is 10.00. The van der Waals surface area contributed by atoms with Crippen molar-refractivity contribution in [1.29, 1.82) is 0 Å². The summed E-state index contributed by atoms with van der Waals surface area (Å²) in [5, 5.41) is 22.1. The van der Waals surface area contributed by atoms with Crippen LogP contribution in [0.3, 0.4) is 0 Å². The van der Waals surface area contributed by atoms with Crippen molar-refractivity contribution in [3.63, 3.8) is 0 Å². The first-order valence-corrected chi connectivity index (χ1v) is 6.11. The molecule has 0 radical (unpaired) electrons. The maximum absolute atomic E-state index is 13.5. The summed E-state index contributed by atoms with van der Waals surface area (Å²) >= 11 is 4.63. The van der Waals surface area contributed by atoms with E-state index in [2.05, 4.69) is 22.5 Å². The highest BCUT2D eigenvalue weighted by molar-refractivity contribution is 7.71. The van der Waals surface area contributed by atoms with Crippen LogP contribution in [-0.2, 0) is 4.74 Å². The topological polar surface area (TPSA) is 109 Å². The number of ether oxygens (including phenoxy) is 1. The normalized spacial score (nSPS) is 36.9. The lowest BCUT2D eigenvalue weighted by molar-refractivity contribution is -0.0473. The lowest BCUT2D eigenvalue weighted by Crippen LogP contribution is -2.41. The van der Waals surface area contributed by atoms with Gasteiger partial charge in [-0.25, -0.2) is 9.18 Å². The second kappa shape index (κ2) is 4.18. The van der Waals surface area contributed by atoms with Gasteiger partial charge in [-0.1, -0.05) is 12.2 Å². The Bertz CT molecular complexity index is 626. The lowest BCUT2D eigenvalue weighted by Gasteiger charge is -2.19. The number of aliphatic hydroxyl groups is 2. The van der Waals surface area contributed by atoms with Gasteiger partial charge in [-0.2, -0.15) is 0 Å². The molecule has 104 valence electrons. The van der Waals surface area contributed by atoms with Crippen molar-refractivity contribution >= 4 is 12.2 Å². The Morgan fingerprint density at radius 3 is 2.95 bits per heavy atom. The van der Waals surface area contributed by atoms with E-state index in [1.165, 1.54) is 0 Å². The summed E-state index contributed by atoms with van der Waals surface area (Å²) in [5.41, 5.74) is -1.49. The minimum Gasteiger partial charge on any atom is -0.394 e. The molecule has 0 amide bonds. The third kappa shape index (κ3) is 1.77. The van der Waals surface area contributed by atoms with Gasteiger partial charge in [0, 0.05) is 6.54 Å². The SMILES string of the molecule is O=c1[nH]c(=S)c(F)cn1C1O[C@H](CO)C(O)[C@@]12CN2. The molecule has 0 bridgehead atoms. The Kier molecular flexibility index (Phi) is 2.84. The number of aromatic amines is 1. The summed E-state index contributed by atoms with van der Waals surface area (Å²) in [6, 6.07) is 0. The van der Waals surface area contributed by atoms with Crippen molar-refractivity contribution in [2.24, 2.45) is 0 Å². The summed E-state index contributed by atoms with van der Waals surface area (Å²) < 4.78 is 19.6. The van der Waals surface area contributed by atoms with E-state index in [9.17, 15) is 14.3 Å². The molecule has 4 N–H and O–H groups in total. The summed E-state index contributed by atoms with van der Waals surface area (Å²) in [4.78, 5) is 14.0. The van der Waals surface area contributed by atoms with Gasteiger partial charge in [0.05, 0.1) is 12.8 Å². The van der Waals surface area contributed by atoms with E-state index < -0.39 is 35.5 Å². The van der Waals surface area contributed by atoms with Crippen LogP contribution in [-0.4, -0.2) is 50.7 Å². The Hall–Kier alpha value is -1.13. The number of aromatic nitrogens is 2. The summed E-state index contributed by atoms with van der Waals surface area (Å²) in [5.74, 6) is -0.754. The minimum atomic E-state index is -0.972. The zero-order valence-electron chi connectivity index (χ0n) is 9.67. The van der Waals surface area contributed by atoms with Crippen LogP contribution in [0.15, 0.2) is 11.0 Å². The molecular formula is C10H12FN3O4S. The molecule has 2 aliphatic heterocycles. The molecule has 7 nitrogen and oxygen atoms in total. The highest BCUT2D eigenvalue weighted by Crippen LogP contribution is 2.43. The Morgan fingerprint density at radius 2 is 2.37 bits per heavy atom. The van der Waals surface area contributed by atoms with E-state index in [0.29, 0.717) is 6.54 Å². The minimum absolute atomic E-state index is 0.281. The van der Waals surface area contributed by atoms with Gasteiger partial charge in [-0.15, -0.1) is 0 Å². The fraction of sp³-hybridized carbons (Fsp3) is 0.600. The number of hydrogen-bond donors (Lipinski definition) is 4. The largest absolute Gasteiger partial charge is 0.394 e. The molecule has 0 aliphatic carbocycles. The fourth-order valence-electron chi connectivity index (χ4n) is 2.42. The van der Waals surface area contributed by atoms with Crippen LogP contribution in [0, 0.1) is 10.5 Å². The van der Waals surface area contributed by atoms with Crippen molar-refractivity contribution in [2.75, 3.05) is 13.2 Å². The number of hydrogen-bond acceptors (Lipinski definition) is 6. The van der Waals surface area contributed by atoms with Gasteiger partial charge in [-0.05, 0) is 0 Å². The second-order valence-corrected chi connectivity index (χ2v) is 5.10. The summed E-state index contributed by atoms with van der Waals surface area (Å²) in [6.07, 6.45) is -1.74. The van der Waals surface area contributed by atoms with Crippen LogP contribution in [0.5, 0.6) is 0 Å². The maximum Gasteiger partial charge on any atom is 0.328 e.